The fourth-order valence-corrected chi connectivity index (χ4v) is 2.64. The van der Waals surface area contributed by atoms with E-state index < -0.39 is 0 Å². The van der Waals surface area contributed by atoms with Crippen LogP contribution < -0.4 is 0 Å². The summed E-state index contributed by atoms with van der Waals surface area (Å²) in [5.74, 6) is 1.90. The molecule has 14 heavy (non-hydrogen) atoms. The molecule has 0 saturated heterocycles. The van der Waals surface area contributed by atoms with Gasteiger partial charge in [-0.25, -0.2) is 0 Å². The first-order valence-corrected chi connectivity index (χ1v) is 6.63. The minimum atomic E-state index is 0.612. The van der Waals surface area contributed by atoms with Crippen molar-refractivity contribution >= 4 is 12.6 Å². The summed E-state index contributed by atoms with van der Waals surface area (Å²) >= 11 is 4.49. The van der Waals surface area contributed by atoms with E-state index in [0.717, 1.165) is 17.7 Å². The van der Waals surface area contributed by atoms with Crippen molar-refractivity contribution in [2.24, 2.45) is 11.3 Å². The second kappa shape index (κ2) is 4.05. The minimum Gasteiger partial charge on any atom is -0.300 e. The Balaban J connectivity index is 1.84. The number of thiol groups is 1. The second-order valence-electron chi connectivity index (χ2n) is 5.71. The third kappa shape index (κ3) is 2.66. The summed E-state index contributed by atoms with van der Waals surface area (Å²) < 4.78 is 0. The molecule has 2 saturated carbocycles. The van der Waals surface area contributed by atoms with Gasteiger partial charge in [0.05, 0.1) is 0 Å². The second-order valence-corrected chi connectivity index (χ2v) is 6.03. The predicted octanol–water partition coefficient (Wildman–Crippen LogP) is 2.82. The van der Waals surface area contributed by atoms with Crippen molar-refractivity contribution in [3.8, 4) is 0 Å². The topological polar surface area (TPSA) is 3.24 Å². The highest BCUT2D eigenvalue weighted by atomic mass is 32.1. The van der Waals surface area contributed by atoms with Gasteiger partial charge >= 0.3 is 0 Å². The molecule has 1 nitrogen and oxygen atoms in total. The van der Waals surface area contributed by atoms with E-state index in [1.54, 1.807) is 0 Å². The molecule has 2 heteroatoms. The molecule has 82 valence electrons. The molecule has 0 atom stereocenters. The van der Waals surface area contributed by atoms with E-state index in [1.807, 2.05) is 0 Å². The summed E-state index contributed by atoms with van der Waals surface area (Å²) in [6.45, 7) is 7.27. The van der Waals surface area contributed by atoms with Gasteiger partial charge in [0.15, 0.2) is 0 Å². The van der Waals surface area contributed by atoms with Crippen LogP contribution in [0.4, 0.5) is 0 Å². The van der Waals surface area contributed by atoms with E-state index in [4.69, 9.17) is 0 Å². The van der Waals surface area contributed by atoms with Gasteiger partial charge in [0, 0.05) is 19.1 Å². The third-order valence-corrected chi connectivity index (χ3v) is 4.16. The predicted molar refractivity (Wildman–Crippen MR) is 65.0 cm³/mol. The Hall–Kier alpha value is 0.310. The highest BCUT2D eigenvalue weighted by molar-refractivity contribution is 7.80. The van der Waals surface area contributed by atoms with E-state index in [9.17, 15) is 0 Å². The van der Waals surface area contributed by atoms with Crippen molar-refractivity contribution in [2.45, 2.75) is 45.6 Å². The summed E-state index contributed by atoms with van der Waals surface area (Å²) in [5, 5.41) is 0. The molecule has 0 aromatic rings. The van der Waals surface area contributed by atoms with Crippen molar-refractivity contribution in [2.75, 3.05) is 18.8 Å². The molecular formula is C12H23NS. The van der Waals surface area contributed by atoms with Gasteiger partial charge in [-0.2, -0.15) is 12.6 Å². The van der Waals surface area contributed by atoms with Gasteiger partial charge in [0.1, 0.15) is 0 Å². The zero-order valence-electron chi connectivity index (χ0n) is 9.50. The minimum absolute atomic E-state index is 0.612. The number of nitrogens with zero attached hydrogens (tertiary/aromatic N) is 1. The van der Waals surface area contributed by atoms with Crippen LogP contribution in [0.3, 0.4) is 0 Å². The first-order valence-electron chi connectivity index (χ1n) is 6.00. The van der Waals surface area contributed by atoms with Crippen LogP contribution in [0.25, 0.3) is 0 Å². The molecule has 0 heterocycles. The lowest BCUT2D eigenvalue weighted by Crippen LogP contribution is -2.36. The first-order chi connectivity index (χ1) is 6.65. The molecule has 2 rings (SSSR count). The lowest BCUT2D eigenvalue weighted by atomic mass is 10.1. The van der Waals surface area contributed by atoms with Crippen molar-refractivity contribution in [3.63, 3.8) is 0 Å². The van der Waals surface area contributed by atoms with Gasteiger partial charge in [-0.3, -0.25) is 4.90 Å². The molecule has 0 aliphatic heterocycles. The molecule has 2 fully saturated rings. The fourth-order valence-electron chi connectivity index (χ4n) is 2.23. The van der Waals surface area contributed by atoms with Crippen LogP contribution in [-0.2, 0) is 0 Å². The van der Waals surface area contributed by atoms with Crippen LogP contribution in [0, 0.1) is 11.3 Å². The monoisotopic (exact) mass is 213 g/mol. The maximum atomic E-state index is 4.49. The summed E-state index contributed by atoms with van der Waals surface area (Å²) in [7, 11) is 0. The van der Waals surface area contributed by atoms with Gasteiger partial charge in [0.2, 0.25) is 0 Å². The fraction of sp³-hybridized carbons (Fsp3) is 1.00. The SMILES string of the molecule is CC(C)CN(CC1(CS)CC1)C1CC1. The molecule has 0 aromatic heterocycles. The smallest absolute Gasteiger partial charge is 0.00967 e. The Morgan fingerprint density at radius 1 is 1.36 bits per heavy atom. The van der Waals surface area contributed by atoms with E-state index in [2.05, 4.69) is 31.4 Å². The Morgan fingerprint density at radius 2 is 2.00 bits per heavy atom. The zero-order chi connectivity index (χ0) is 10.2. The van der Waals surface area contributed by atoms with Crippen LogP contribution in [0.2, 0.25) is 0 Å². The average Bonchev–Trinajstić information content (AvgIpc) is 3.00. The maximum absolute atomic E-state index is 4.49. The number of hydrogen-bond donors (Lipinski definition) is 1. The summed E-state index contributed by atoms with van der Waals surface area (Å²) in [5.41, 5.74) is 0.612. The van der Waals surface area contributed by atoms with Gasteiger partial charge in [-0.05, 0) is 42.8 Å². The number of hydrogen-bond acceptors (Lipinski definition) is 2. The van der Waals surface area contributed by atoms with Gasteiger partial charge in [0.25, 0.3) is 0 Å². The van der Waals surface area contributed by atoms with Crippen LogP contribution >= 0.6 is 12.6 Å². The van der Waals surface area contributed by atoms with Gasteiger partial charge in [-0.15, -0.1) is 0 Å². The molecule has 0 radical (unpaired) electrons. The van der Waals surface area contributed by atoms with Crippen molar-refractivity contribution in [1.29, 1.82) is 0 Å². The maximum Gasteiger partial charge on any atom is 0.00967 e. The Morgan fingerprint density at radius 3 is 2.36 bits per heavy atom. The van der Waals surface area contributed by atoms with E-state index in [1.165, 1.54) is 38.8 Å². The van der Waals surface area contributed by atoms with Gasteiger partial charge in [-0.1, -0.05) is 13.8 Å². The van der Waals surface area contributed by atoms with Crippen LogP contribution in [0.5, 0.6) is 0 Å². The van der Waals surface area contributed by atoms with E-state index in [-0.39, 0.29) is 0 Å². The van der Waals surface area contributed by atoms with Crippen LogP contribution in [0.1, 0.15) is 39.5 Å². The Bertz CT molecular complexity index is 194. The highest BCUT2D eigenvalue weighted by Crippen LogP contribution is 2.48. The van der Waals surface area contributed by atoms with E-state index in [0.29, 0.717) is 5.41 Å². The average molecular weight is 213 g/mol. The van der Waals surface area contributed by atoms with Crippen molar-refractivity contribution in [1.82, 2.24) is 4.90 Å². The molecule has 0 unspecified atom stereocenters. The normalized spacial score (nSPS) is 24.6. The molecule has 2 aliphatic rings. The Labute approximate surface area is 93.7 Å². The zero-order valence-corrected chi connectivity index (χ0v) is 10.4. The lowest BCUT2D eigenvalue weighted by Gasteiger charge is -2.28. The standard InChI is InChI=1S/C12H23NS/c1-10(2)7-13(11-3-4-11)8-12(9-14)5-6-12/h10-11,14H,3-9H2,1-2H3. The number of rotatable bonds is 6. The molecular weight excluding hydrogens is 190 g/mol. The van der Waals surface area contributed by atoms with Crippen LogP contribution in [0.15, 0.2) is 0 Å². The summed E-state index contributed by atoms with van der Waals surface area (Å²) in [6, 6.07) is 0.926. The summed E-state index contributed by atoms with van der Waals surface area (Å²) in [4.78, 5) is 2.73. The third-order valence-electron chi connectivity index (χ3n) is 3.49. The molecule has 0 spiro atoms. The lowest BCUT2D eigenvalue weighted by molar-refractivity contribution is 0.198. The Kier molecular flexibility index (Phi) is 3.13. The molecule has 0 amide bonds. The largest absolute Gasteiger partial charge is 0.300 e. The quantitative estimate of drug-likeness (QED) is 0.664. The molecule has 0 bridgehead atoms. The first kappa shape index (κ1) is 10.8. The highest BCUT2D eigenvalue weighted by Gasteiger charge is 2.44. The molecule has 0 aromatic carbocycles. The molecule has 0 N–H and O–H groups in total. The van der Waals surface area contributed by atoms with Crippen LogP contribution in [-0.4, -0.2) is 29.8 Å². The van der Waals surface area contributed by atoms with Crippen molar-refractivity contribution < 1.29 is 0 Å². The molecule has 2 aliphatic carbocycles. The van der Waals surface area contributed by atoms with Gasteiger partial charge < -0.3 is 0 Å². The van der Waals surface area contributed by atoms with Crippen molar-refractivity contribution in [3.05, 3.63) is 0 Å². The summed E-state index contributed by atoms with van der Waals surface area (Å²) in [6.07, 6.45) is 5.71. The van der Waals surface area contributed by atoms with E-state index >= 15 is 0 Å².